The number of amides is 3. The van der Waals surface area contributed by atoms with Gasteiger partial charge >= 0.3 is 6.09 Å². The highest BCUT2D eigenvalue weighted by Crippen LogP contribution is 2.33. The van der Waals surface area contributed by atoms with E-state index in [4.69, 9.17) is 4.74 Å². The summed E-state index contributed by atoms with van der Waals surface area (Å²) in [5.41, 5.74) is 0. The van der Waals surface area contributed by atoms with Gasteiger partial charge in [-0.05, 0) is 38.5 Å². The van der Waals surface area contributed by atoms with Gasteiger partial charge in [-0.25, -0.2) is 4.79 Å². The minimum absolute atomic E-state index is 0.0512. The van der Waals surface area contributed by atoms with E-state index < -0.39 is 0 Å². The van der Waals surface area contributed by atoms with E-state index in [0.717, 1.165) is 45.1 Å². The molecule has 0 aromatic rings. The van der Waals surface area contributed by atoms with Crippen molar-refractivity contribution in [3.05, 3.63) is 0 Å². The van der Waals surface area contributed by atoms with Gasteiger partial charge in [0.25, 0.3) is 0 Å². The van der Waals surface area contributed by atoms with Crippen LogP contribution in [0.15, 0.2) is 0 Å². The van der Waals surface area contributed by atoms with Crippen LogP contribution in [-0.4, -0.2) is 78.0 Å². The van der Waals surface area contributed by atoms with Gasteiger partial charge in [0.05, 0.1) is 12.5 Å². The summed E-state index contributed by atoms with van der Waals surface area (Å²) in [6, 6.07) is 0.193. The predicted octanol–water partition coefficient (Wildman–Crippen LogP) is 1.08. The van der Waals surface area contributed by atoms with Crippen LogP contribution in [-0.2, 0) is 14.3 Å². The first-order valence-electron chi connectivity index (χ1n) is 9.64. The number of piperidine rings is 2. The molecule has 4 fully saturated rings. The minimum Gasteiger partial charge on any atom is -0.448 e. The van der Waals surface area contributed by atoms with E-state index in [1.807, 2.05) is 9.80 Å². The molecule has 3 amide bonds. The summed E-state index contributed by atoms with van der Waals surface area (Å²) in [7, 11) is 0. The lowest BCUT2D eigenvalue weighted by Crippen LogP contribution is -2.51. The van der Waals surface area contributed by atoms with Crippen molar-refractivity contribution in [1.29, 1.82) is 0 Å². The van der Waals surface area contributed by atoms with Crippen LogP contribution in [0.3, 0.4) is 0 Å². The Hall–Kier alpha value is -1.79. The maximum absolute atomic E-state index is 12.9. The molecule has 1 aliphatic carbocycles. The fourth-order valence-electron chi connectivity index (χ4n) is 4.36. The molecular weight excluding hydrogens is 322 g/mol. The zero-order valence-corrected chi connectivity index (χ0v) is 14.7. The molecular formula is C18H27N3O4. The van der Waals surface area contributed by atoms with Gasteiger partial charge in [-0.2, -0.15) is 0 Å². The van der Waals surface area contributed by atoms with Crippen molar-refractivity contribution in [1.82, 2.24) is 14.7 Å². The van der Waals surface area contributed by atoms with Gasteiger partial charge in [-0.1, -0.05) is 0 Å². The average molecular weight is 349 g/mol. The summed E-state index contributed by atoms with van der Waals surface area (Å²) in [5, 5.41) is 0. The van der Waals surface area contributed by atoms with E-state index in [-0.39, 0.29) is 35.8 Å². The molecule has 0 radical (unpaired) electrons. The Kier molecular flexibility index (Phi) is 4.56. The number of ether oxygens (including phenoxy) is 1. The maximum atomic E-state index is 12.9. The van der Waals surface area contributed by atoms with Crippen molar-refractivity contribution in [2.45, 2.75) is 44.6 Å². The summed E-state index contributed by atoms with van der Waals surface area (Å²) < 4.78 is 5.02. The lowest BCUT2D eigenvalue weighted by Gasteiger charge is -2.39. The second kappa shape index (κ2) is 6.84. The Morgan fingerprint density at radius 2 is 1.56 bits per heavy atom. The molecule has 7 heteroatoms. The molecule has 1 atom stereocenters. The predicted molar refractivity (Wildman–Crippen MR) is 89.7 cm³/mol. The van der Waals surface area contributed by atoms with E-state index in [0.29, 0.717) is 32.8 Å². The largest absolute Gasteiger partial charge is 0.448 e. The van der Waals surface area contributed by atoms with Crippen LogP contribution in [0.25, 0.3) is 0 Å². The Balaban J connectivity index is 1.29. The number of nitrogens with zero attached hydrogens (tertiary/aromatic N) is 3. The molecule has 3 saturated heterocycles. The molecule has 0 bridgehead atoms. The Labute approximate surface area is 148 Å². The second-order valence-electron chi connectivity index (χ2n) is 7.76. The number of hydrogen-bond donors (Lipinski definition) is 0. The first-order chi connectivity index (χ1) is 12.1. The van der Waals surface area contributed by atoms with E-state index in [2.05, 4.69) is 0 Å². The third-order valence-electron chi connectivity index (χ3n) is 6.02. The molecule has 4 aliphatic rings. The van der Waals surface area contributed by atoms with Gasteiger partial charge in [0, 0.05) is 38.1 Å². The lowest BCUT2D eigenvalue weighted by atomic mass is 9.94. The number of hydrogen-bond acceptors (Lipinski definition) is 4. The number of carbonyl (C=O) groups is 3. The molecule has 1 unspecified atom stereocenters. The molecule has 0 N–H and O–H groups in total. The van der Waals surface area contributed by atoms with E-state index in [1.165, 1.54) is 0 Å². The van der Waals surface area contributed by atoms with Crippen molar-refractivity contribution in [2.24, 2.45) is 11.8 Å². The standard InChI is InChI=1S/C18H27N3O4/c22-16(13-3-4-13)20-7-1-2-14(12-20)17(23)19-8-5-15(6-9-19)21-10-11-25-18(21)24/h13-15H,1-12H2. The van der Waals surface area contributed by atoms with Gasteiger partial charge in [-0.15, -0.1) is 0 Å². The number of carbonyl (C=O) groups excluding carboxylic acids is 3. The van der Waals surface area contributed by atoms with Crippen molar-refractivity contribution in [2.75, 3.05) is 39.3 Å². The highest BCUT2D eigenvalue weighted by atomic mass is 16.6. The summed E-state index contributed by atoms with van der Waals surface area (Å²) >= 11 is 0. The fraction of sp³-hybridized carbons (Fsp3) is 0.833. The van der Waals surface area contributed by atoms with E-state index in [9.17, 15) is 14.4 Å². The highest BCUT2D eigenvalue weighted by molar-refractivity contribution is 5.83. The molecule has 138 valence electrons. The molecule has 3 aliphatic heterocycles. The lowest BCUT2D eigenvalue weighted by molar-refractivity contribution is -0.142. The molecule has 7 nitrogen and oxygen atoms in total. The monoisotopic (exact) mass is 349 g/mol. The normalized spacial score (nSPS) is 28.2. The second-order valence-corrected chi connectivity index (χ2v) is 7.76. The van der Waals surface area contributed by atoms with Gasteiger partial charge in [0.1, 0.15) is 6.61 Å². The number of likely N-dealkylation sites (tertiary alicyclic amines) is 2. The van der Waals surface area contributed by atoms with Crippen LogP contribution in [0.2, 0.25) is 0 Å². The van der Waals surface area contributed by atoms with Crippen LogP contribution >= 0.6 is 0 Å². The van der Waals surface area contributed by atoms with Crippen molar-refractivity contribution in [3.8, 4) is 0 Å². The van der Waals surface area contributed by atoms with Crippen molar-refractivity contribution >= 4 is 17.9 Å². The minimum atomic E-state index is -0.216. The zero-order valence-electron chi connectivity index (χ0n) is 14.7. The third kappa shape index (κ3) is 3.46. The third-order valence-corrected chi connectivity index (χ3v) is 6.02. The average Bonchev–Trinajstić information content (AvgIpc) is 3.42. The molecule has 0 spiro atoms. The SMILES string of the molecule is O=C(C1CCCN(C(=O)C2CC2)C1)N1CCC(N2CCOC2=O)CC1. The summed E-state index contributed by atoms with van der Waals surface area (Å²) in [6.07, 6.45) is 5.25. The molecule has 4 rings (SSSR count). The molecule has 1 saturated carbocycles. The van der Waals surface area contributed by atoms with Crippen LogP contribution < -0.4 is 0 Å². The number of rotatable bonds is 3. The van der Waals surface area contributed by atoms with Crippen LogP contribution in [0.1, 0.15) is 38.5 Å². The zero-order chi connectivity index (χ0) is 17.4. The molecule has 25 heavy (non-hydrogen) atoms. The number of cyclic esters (lactones) is 1. The summed E-state index contributed by atoms with van der Waals surface area (Å²) in [5.74, 6) is 0.620. The van der Waals surface area contributed by atoms with Crippen molar-refractivity contribution in [3.63, 3.8) is 0 Å². The molecule has 0 aromatic heterocycles. The van der Waals surface area contributed by atoms with Gasteiger partial charge in [-0.3, -0.25) is 9.59 Å². The smallest absolute Gasteiger partial charge is 0.410 e. The van der Waals surface area contributed by atoms with E-state index in [1.54, 1.807) is 4.90 Å². The van der Waals surface area contributed by atoms with Crippen LogP contribution in [0.5, 0.6) is 0 Å². The topological polar surface area (TPSA) is 70.2 Å². The first-order valence-corrected chi connectivity index (χ1v) is 9.64. The fourth-order valence-corrected chi connectivity index (χ4v) is 4.36. The Morgan fingerprint density at radius 1 is 0.840 bits per heavy atom. The summed E-state index contributed by atoms with van der Waals surface area (Å²) in [4.78, 5) is 42.5. The molecule has 0 aromatic carbocycles. The highest BCUT2D eigenvalue weighted by Gasteiger charge is 2.39. The van der Waals surface area contributed by atoms with E-state index >= 15 is 0 Å². The quantitative estimate of drug-likeness (QED) is 0.764. The summed E-state index contributed by atoms with van der Waals surface area (Å²) in [6.45, 7) is 3.93. The van der Waals surface area contributed by atoms with Gasteiger partial charge < -0.3 is 19.4 Å². The Bertz CT molecular complexity index is 555. The van der Waals surface area contributed by atoms with Gasteiger partial charge in [0.15, 0.2) is 0 Å². The maximum Gasteiger partial charge on any atom is 0.410 e. The van der Waals surface area contributed by atoms with Gasteiger partial charge in [0.2, 0.25) is 11.8 Å². The Morgan fingerprint density at radius 3 is 2.20 bits per heavy atom. The van der Waals surface area contributed by atoms with Crippen LogP contribution in [0.4, 0.5) is 4.79 Å². The van der Waals surface area contributed by atoms with Crippen LogP contribution in [0, 0.1) is 11.8 Å². The molecule has 3 heterocycles. The van der Waals surface area contributed by atoms with Crippen molar-refractivity contribution < 1.29 is 19.1 Å². The first kappa shape index (κ1) is 16.7.